The Hall–Kier alpha value is -3.22. The van der Waals surface area contributed by atoms with Gasteiger partial charge in [0.1, 0.15) is 18.1 Å². The van der Waals surface area contributed by atoms with Crippen molar-refractivity contribution in [3.63, 3.8) is 0 Å². The van der Waals surface area contributed by atoms with Gasteiger partial charge < -0.3 is 14.5 Å². The molecule has 1 amide bonds. The van der Waals surface area contributed by atoms with Crippen LogP contribution in [0.5, 0.6) is 5.75 Å². The van der Waals surface area contributed by atoms with Crippen LogP contribution in [-0.4, -0.2) is 15.7 Å². The summed E-state index contributed by atoms with van der Waals surface area (Å²) in [7, 11) is 0. The number of rotatable bonds is 7. The molecule has 1 N–H and O–H groups in total. The molecule has 164 valence electrons. The number of aryl methyl sites for hydroxylation is 2. The van der Waals surface area contributed by atoms with Gasteiger partial charge in [-0.15, -0.1) is 0 Å². The highest BCUT2D eigenvalue weighted by atomic mass is 35.5. The van der Waals surface area contributed by atoms with Crippen molar-refractivity contribution >= 4 is 34.9 Å². The maximum Gasteiger partial charge on any atom is 0.292 e. The largest absolute Gasteiger partial charge is 0.485 e. The number of carbonyl (C=O) groups is 1. The van der Waals surface area contributed by atoms with Crippen LogP contribution in [0.1, 0.15) is 33.0 Å². The molecule has 0 radical (unpaired) electrons. The molecule has 4 aromatic rings. The van der Waals surface area contributed by atoms with Crippen LogP contribution in [0, 0.1) is 13.8 Å². The van der Waals surface area contributed by atoms with Crippen molar-refractivity contribution in [2.45, 2.75) is 27.0 Å². The summed E-state index contributed by atoms with van der Waals surface area (Å²) >= 11 is 12.2. The number of benzene rings is 2. The van der Waals surface area contributed by atoms with Gasteiger partial charge in [-0.05, 0) is 54.8 Å². The molecule has 0 aliphatic heterocycles. The normalized spacial score (nSPS) is 10.9. The van der Waals surface area contributed by atoms with Gasteiger partial charge in [-0.3, -0.25) is 9.48 Å². The number of amides is 1. The van der Waals surface area contributed by atoms with Crippen LogP contribution in [0.3, 0.4) is 0 Å². The van der Waals surface area contributed by atoms with Crippen molar-refractivity contribution in [2.75, 3.05) is 5.32 Å². The predicted molar refractivity (Wildman–Crippen MR) is 125 cm³/mol. The highest BCUT2D eigenvalue weighted by Crippen LogP contribution is 2.24. The number of furan rings is 1. The van der Waals surface area contributed by atoms with Crippen molar-refractivity contribution in [3.05, 3.63) is 99.1 Å². The van der Waals surface area contributed by atoms with E-state index in [1.54, 1.807) is 41.2 Å². The molecule has 6 nitrogen and oxygen atoms in total. The molecule has 4 rings (SSSR count). The van der Waals surface area contributed by atoms with Crippen molar-refractivity contribution in [2.24, 2.45) is 0 Å². The number of anilines is 1. The Morgan fingerprint density at radius 3 is 2.62 bits per heavy atom. The summed E-state index contributed by atoms with van der Waals surface area (Å²) in [5.74, 6) is 1.57. The summed E-state index contributed by atoms with van der Waals surface area (Å²) in [6, 6.07) is 16.3. The smallest absolute Gasteiger partial charge is 0.292 e. The van der Waals surface area contributed by atoms with E-state index in [1.165, 1.54) is 0 Å². The Labute approximate surface area is 195 Å². The third-order valence-corrected chi connectivity index (χ3v) is 5.47. The van der Waals surface area contributed by atoms with Crippen LogP contribution in [0.15, 0.2) is 65.2 Å². The quantitative estimate of drug-likeness (QED) is 0.345. The molecular formula is C24H21Cl2N3O3. The number of ether oxygens (including phenoxy) is 1. The second kappa shape index (κ2) is 9.51. The van der Waals surface area contributed by atoms with E-state index in [0.29, 0.717) is 28.2 Å². The minimum atomic E-state index is -0.391. The number of halogens is 2. The van der Waals surface area contributed by atoms with Crippen molar-refractivity contribution in [1.29, 1.82) is 0 Å². The molecule has 0 aliphatic carbocycles. The monoisotopic (exact) mass is 469 g/mol. The van der Waals surface area contributed by atoms with Gasteiger partial charge in [-0.25, -0.2) is 0 Å². The molecule has 2 heterocycles. The van der Waals surface area contributed by atoms with Gasteiger partial charge in [0.05, 0.1) is 6.54 Å². The van der Waals surface area contributed by atoms with Crippen molar-refractivity contribution in [1.82, 2.24) is 9.78 Å². The first kappa shape index (κ1) is 22.0. The fraction of sp³-hybridized carbons (Fsp3) is 0.167. The van der Waals surface area contributed by atoms with Gasteiger partial charge in [0.2, 0.25) is 0 Å². The zero-order valence-corrected chi connectivity index (χ0v) is 19.1. The van der Waals surface area contributed by atoms with E-state index in [9.17, 15) is 4.79 Å². The van der Waals surface area contributed by atoms with Gasteiger partial charge in [0, 0.05) is 22.3 Å². The topological polar surface area (TPSA) is 69.3 Å². The molecule has 8 heteroatoms. The SMILES string of the molecule is Cc1cccc(C)c1OCc1ccc(C(=O)Nc2ccn(Cc3ccc(Cl)cc3Cl)n2)o1. The summed E-state index contributed by atoms with van der Waals surface area (Å²) in [6.07, 6.45) is 1.76. The van der Waals surface area contributed by atoms with Crippen LogP contribution in [0.2, 0.25) is 10.0 Å². The molecule has 0 aliphatic rings. The van der Waals surface area contributed by atoms with Crippen LogP contribution in [0.4, 0.5) is 5.82 Å². The standard InChI is InChI=1S/C24H21Cl2N3O3/c1-15-4-3-5-16(2)23(15)31-14-19-8-9-21(32-19)24(30)27-22-10-11-29(28-22)13-17-6-7-18(25)12-20(17)26/h3-12H,13-14H2,1-2H3,(H,27,28,30). The average molecular weight is 470 g/mol. The highest BCUT2D eigenvalue weighted by Gasteiger charge is 2.14. The maximum absolute atomic E-state index is 12.5. The van der Waals surface area contributed by atoms with E-state index in [4.69, 9.17) is 32.4 Å². The van der Waals surface area contributed by atoms with Gasteiger partial charge in [0.15, 0.2) is 11.6 Å². The molecule has 0 spiro atoms. The third-order valence-electron chi connectivity index (χ3n) is 4.88. The average Bonchev–Trinajstić information content (AvgIpc) is 3.39. The molecule has 0 bridgehead atoms. The number of nitrogens with one attached hydrogen (secondary N) is 1. The summed E-state index contributed by atoms with van der Waals surface area (Å²) in [5.41, 5.74) is 2.96. The van der Waals surface area contributed by atoms with Gasteiger partial charge in [-0.2, -0.15) is 5.10 Å². The molecule has 0 atom stereocenters. The zero-order valence-electron chi connectivity index (χ0n) is 17.6. The number of aromatic nitrogens is 2. The lowest BCUT2D eigenvalue weighted by atomic mass is 10.1. The molecule has 2 aromatic carbocycles. The molecule has 32 heavy (non-hydrogen) atoms. The molecular weight excluding hydrogens is 449 g/mol. The van der Waals surface area contributed by atoms with E-state index in [1.807, 2.05) is 38.1 Å². The number of carbonyl (C=O) groups excluding carboxylic acids is 1. The zero-order chi connectivity index (χ0) is 22.7. The third kappa shape index (κ3) is 5.15. The van der Waals surface area contributed by atoms with Crippen LogP contribution in [0.25, 0.3) is 0 Å². The lowest BCUT2D eigenvalue weighted by Crippen LogP contribution is -2.12. The van der Waals surface area contributed by atoms with Crippen LogP contribution < -0.4 is 10.1 Å². The first-order valence-corrected chi connectivity index (χ1v) is 10.7. The molecule has 0 saturated carbocycles. The van der Waals surface area contributed by atoms with Crippen molar-refractivity contribution in [3.8, 4) is 5.75 Å². The molecule has 0 saturated heterocycles. The van der Waals surface area contributed by atoms with Gasteiger partial charge in [-0.1, -0.05) is 47.5 Å². The fourth-order valence-corrected chi connectivity index (χ4v) is 3.73. The van der Waals surface area contributed by atoms with Crippen molar-refractivity contribution < 1.29 is 13.9 Å². The van der Waals surface area contributed by atoms with E-state index in [-0.39, 0.29) is 12.4 Å². The predicted octanol–water partition coefficient (Wildman–Crippen LogP) is 6.28. The Balaban J connectivity index is 1.36. The van der Waals surface area contributed by atoms with Crippen LogP contribution in [-0.2, 0) is 13.2 Å². The summed E-state index contributed by atoms with van der Waals surface area (Å²) < 4.78 is 13.2. The van der Waals surface area contributed by atoms with Gasteiger partial charge in [0.25, 0.3) is 5.91 Å². The lowest BCUT2D eigenvalue weighted by Gasteiger charge is -2.10. The second-order valence-electron chi connectivity index (χ2n) is 7.36. The maximum atomic E-state index is 12.5. The highest BCUT2D eigenvalue weighted by molar-refractivity contribution is 6.35. The van der Waals surface area contributed by atoms with Gasteiger partial charge >= 0.3 is 0 Å². The van der Waals surface area contributed by atoms with E-state index in [2.05, 4.69) is 10.4 Å². The molecule has 0 fully saturated rings. The minimum Gasteiger partial charge on any atom is -0.485 e. The summed E-state index contributed by atoms with van der Waals surface area (Å²) in [5, 5.41) is 8.23. The Morgan fingerprint density at radius 1 is 1.09 bits per heavy atom. The summed E-state index contributed by atoms with van der Waals surface area (Å²) in [6.45, 7) is 4.66. The number of nitrogens with zero attached hydrogens (tertiary/aromatic N) is 2. The van der Waals surface area contributed by atoms with E-state index in [0.717, 1.165) is 22.4 Å². The fourth-order valence-electron chi connectivity index (χ4n) is 3.27. The first-order valence-electron chi connectivity index (χ1n) is 9.95. The number of hydrogen-bond acceptors (Lipinski definition) is 4. The Kier molecular flexibility index (Phi) is 6.53. The lowest BCUT2D eigenvalue weighted by molar-refractivity contribution is 0.0992. The number of para-hydroxylation sites is 1. The Bertz CT molecular complexity index is 1240. The van der Waals surface area contributed by atoms with E-state index < -0.39 is 5.91 Å². The molecule has 0 unspecified atom stereocenters. The Morgan fingerprint density at radius 2 is 1.88 bits per heavy atom. The van der Waals surface area contributed by atoms with Crippen LogP contribution >= 0.6 is 23.2 Å². The van der Waals surface area contributed by atoms with E-state index >= 15 is 0 Å². The summed E-state index contributed by atoms with van der Waals surface area (Å²) in [4.78, 5) is 12.5. The first-order chi connectivity index (χ1) is 15.4. The minimum absolute atomic E-state index is 0.181. The number of hydrogen-bond donors (Lipinski definition) is 1. The molecule has 2 aromatic heterocycles. The second-order valence-corrected chi connectivity index (χ2v) is 8.21.